The summed E-state index contributed by atoms with van der Waals surface area (Å²) in [5.41, 5.74) is 3.59. The quantitative estimate of drug-likeness (QED) is 0.625. The van der Waals surface area contributed by atoms with Crippen LogP contribution in [0.5, 0.6) is 0 Å². The van der Waals surface area contributed by atoms with Gasteiger partial charge in [0.1, 0.15) is 0 Å². The smallest absolute Gasteiger partial charge is 0.191 e. The molecule has 4 nitrogen and oxygen atoms in total. The van der Waals surface area contributed by atoms with E-state index in [0.29, 0.717) is 19.0 Å². The lowest BCUT2D eigenvalue weighted by molar-refractivity contribution is 0.786. The van der Waals surface area contributed by atoms with Crippen LogP contribution in [-0.2, 0) is 13.1 Å². The van der Waals surface area contributed by atoms with Crippen LogP contribution in [0.1, 0.15) is 48.5 Å². The van der Waals surface area contributed by atoms with Crippen molar-refractivity contribution in [2.45, 2.75) is 46.7 Å². The number of thiazole rings is 1. The lowest BCUT2D eigenvalue weighted by Gasteiger charge is -2.11. The third kappa shape index (κ3) is 5.36. The molecule has 0 aliphatic carbocycles. The summed E-state index contributed by atoms with van der Waals surface area (Å²) in [5, 5.41) is 9.95. The average Bonchev–Trinajstić information content (AvgIpc) is 3.00. The SMILES string of the molecule is CCNC(=NCc1ccccc1C)NCc1csc(C(C)C)n1. The van der Waals surface area contributed by atoms with E-state index >= 15 is 0 Å². The molecular weight excluding hydrogens is 304 g/mol. The number of rotatable bonds is 6. The summed E-state index contributed by atoms with van der Waals surface area (Å²) >= 11 is 1.72. The fraction of sp³-hybridized carbons (Fsp3) is 0.444. The maximum atomic E-state index is 4.67. The summed E-state index contributed by atoms with van der Waals surface area (Å²) in [4.78, 5) is 9.32. The highest BCUT2D eigenvalue weighted by molar-refractivity contribution is 7.09. The molecular formula is C18H26N4S. The molecule has 0 atom stereocenters. The highest BCUT2D eigenvalue weighted by Crippen LogP contribution is 2.18. The second kappa shape index (κ2) is 8.67. The molecule has 0 aliphatic rings. The van der Waals surface area contributed by atoms with Crippen LogP contribution < -0.4 is 10.6 Å². The van der Waals surface area contributed by atoms with Gasteiger partial charge < -0.3 is 10.6 Å². The molecule has 0 fully saturated rings. The second-order valence-corrected chi connectivity index (χ2v) is 6.70. The fourth-order valence-corrected chi connectivity index (χ4v) is 2.97. The monoisotopic (exact) mass is 330 g/mol. The highest BCUT2D eigenvalue weighted by atomic mass is 32.1. The first-order valence-electron chi connectivity index (χ1n) is 8.11. The van der Waals surface area contributed by atoms with Gasteiger partial charge in [-0.05, 0) is 25.0 Å². The first-order chi connectivity index (χ1) is 11.1. The first-order valence-corrected chi connectivity index (χ1v) is 8.99. The molecule has 124 valence electrons. The Morgan fingerprint density at radius 1 is 1.26 bits per heavy atom. The molecule has 2 aromatic rings. The lowest BCUT2D eigenvalue weighted by atomic mass is 10.1. The van der Waals surface area contributed by atoms with Crippen molar-refractivity contribution in [1.29, 1.82) is 0 Å². The van der Waals surface area contributed by atoms with Gasteiger partial charge in [-0.25, -0.2) is 9.98 Å². The van der Waals surface area contributed by atoms with E-state index < -0.39 is 0 Å². The van der Waals surface area contributed by atoms with Gasteiger partial charge in [-0.3, -0.25) is 0 Å². The molecule has 1 aromatic carbocycles. The van der Waals surface area contributed by atoms with Crippen molar-refractivity contribution in [3.8, 4) is 0 Å². The lowest BCUT2D eigenvalue weighted by Crippen LogP contribution is -2.36. The average molecular weight is 331 g/mol. The standard InChI is InChI=1S/C18H26N4S/c1-5-19-18(20-10-15-9-7-6-8-14(15)4)21-11-16-12-23-17(22-16)13(2)3/h6-9,12-13H,5,10-11H2,1-4H3,(H2,19,20,21). The van der Waals surface area contributed by atoms with Gasteiger partial charge >= 0.3 is 0 Å². The van der Waals surface area contributed by atoms with Crippen LogP contribution in [0, 0.1) is 6.92 Å². The summed E-state index contributed by atoms with van der Waals surface area (Å²) in [5.74, 6) is 1.31. The number of aryl methyl sites for hydroxylation is 1. The topological polar surface area (TPSA) is 49.3 Å². The van der Waals surface area contributed by atoms with Gasteiger partial charge in [0.2, 0.25) is 0 Å². The zero-order valence-electron chi connectivity index (χ0n) is 14.4. The molecule has 2 rings (SSSR count). The van der Waals surface area contributed by atoms with E-state index in [1.807, 2.05) is 0 Å². The maximum absolute atomic E-state index is 4.67. The predicted molar refractivity (Wildman–Crippen MR) is 99.0 cm³/mol. The van der Waals surface area contributed by atoms with Crippen molar-refractivity contribution in [2.75, 3.05) is 6.54 Å². The summed E-state index contributed by atoms with van der Waals surface area (Å²) in [6, 6.07) is 8.35. The van der Waals surface area contributed by atoms with Gasteiger partial charge in [-0.2, -0.15) is 0 Å². The van der Waals surface area contributed by atoms with Gasteiger partial charge in [-0.15, -0.1) is 11.3 Å². The zero-order chi connectivity index (χ0) is 16.7. The molecule has 0 radical (unpaired) electrons. The summed E-state index contributed by atoms with van der Waals surface area (Å²) < 4.78 is 0. The molecule has 1 heterocycles. The van der Waals surface area contributed by atoms with Gasteiger partial charge in [0.05, 0.1) is 23.8 Å². The Balaban J connectivity index is 1.97. The summed E-state index contributed by atoms with van der Waals surface area (Å²) in [6.45, 7) is 10.7. The number of hydrogen-bond acceptors (Lipinski definition) is 3. The van der Waals surface area contributed by atoms with Crippen LogP contribution in [-0.4, -0.2) is 17.5 Å². The minimum absolute atomic E-state index is 0.483. The molecule has 2 N–H and O–H groups in total. The molecule has 0 bridgehead atoms. The van der Waals surface area contributed by atoms with Crippen molar-refractivity contribution in [1.82, 2.24) is 15.6 Å². The third-order valence-electron chi connectivity index (χ3n) is 3.51. The van der Waals surface area contributed by atoms with Crippen LogP contribution in [0.15, 0.2) is 34.6 Å². The summed E-state index contributed by atoms with van der Waals surface area (Å²) in [7, 11) is 0. The largest absolute Gasteiger partial charge is 0.357 e. The predicted octanol–water partition coefficient (Wildman–Crippen LogP) is 3.83. The van der Waals surface area contributed by atoms with E-state index in [-0.39, 0.29) is 0 Å². The molecule has 0 spiro atoms. The van der Waals surface area contributed by atoms with Gasteiger partial charge in [0, 0.05) is 17.8 Å². The first kappa shape index (κ1) is 17.5. The Morgan fingerprint density at radius 2 is 2.04 bits per heavy atom. The summed E-state index contributed by atoms with van der Waals surface area (Å²) in [6.07, 6.45) is 0. The normalized spacial score (nSPS) is 11.8. The van der Waals surface area contributed by atoms with Crippen molar-refractivity contribution in [3.05, 3.63) is 51.5 Å². The maximum Gasteiger partial charge on any atom is 0.191 e. The van der Waals surface area contributed by atoms with Crippen LogP contribution in [0.2, 0.25) is 0 Å². The Labute approximate surface area is 143 Å². The molecule has 0 unspecified atom stereocenters. The molecule has 0 amide bonds. The molecule has 23 heavy (non-hydrogen) atoms. The fourth-order valence-electron chi connectivity index (χ4n) is 2.14. The van der Waals surface area contributed by atoms with E-state index in [2.05, 4.69) is 78.0 Å². The number of nitrogens with zero attached hydrogens (tertiary/aromatic N) is 2. The van der Waals surface area contributed by atoms with Crippen LogP contribution in [0.25, 0.3) is 0 Å². The van der Waals surface area contributed by atoms with Crippen molar-refractivity contribution >= 4 is 17.3 Å². The van der Waals surface area contributed by atoms with Gasteiger partial charge in [0.25, 0.3) is 0 Å². The number of nitrogens with one attached hydrogen (secondary N) is 2. The van der Waals surface area contributed by atoms with Gasteiger partial charge in [0.15, 0.2) is 5.96 Å². The van der Waals surface area contributed by atoms with E-state index in [1.165, 1.54) is 16.1 Å². The number of guanidine groups is 1. The molecule has 5 heteroatoms. The van der Waals surface area contributed by atoms with Crippen molar-refractivity contribution in [2.24, 2.45) is 4.99 Å². The Bertz CT molecular complexity index is 646. The Kier molecular flexibility index (Phi) is 6.59. The van der Waals surface area contributed by atoms with Crippen LogP contribution in [0.3, 0.4) is 0 Å². The molecule has 0 saturated heterocycles. The number of aromatic nitrogens is 1. The Hall–Kier alpha value is -1.88. The van der Waals surface area contributed by atoms with E-state index in [1.54, 1.807) is 11.3 Å². The zero-order valence-corrected chi connectivity index (χ0v) is 15.2. The third-order valence-corrected chi connectivity index (χ3v) is 4.71. The Morgan fingerprint density at radius 3 is 2.70 bits per heavy atom. The van der Waals surface area contributed by atoms with E-state index in [4.69, 9.17) is 0 Å². The molecule has 0 aliphatic heterocycles. The minimum atomic E-state index is 0.483. The van der Waals surface area contributed by atoms with Crippen molar-refractivity contribution in [3.63, 3.8) is 0 Å². The van der Waals surface area contributed by atoms with Crippen LogP contribution >= 0.6 is 11.3 Å². The van der Waals surface area contributed by atoms with Crippen LogP contribution in [0.4, 0.5) is 0 Å². The van der Waals surface area contributed by atoms with Crippen molar-refractivity contribution < 1.29 is 0 Å². The van der Waals surface area contributed by atoms with E-state index in [0.717, 1.165) is 18.2 Å². The molecule has 1 aromatic heterocycles. The molecule has 0 saturated carbocycles. The van der Waals surface area contributed by atoms with E-state index in [9.17, 15) is 0 Å². The number of benzene rings is 1. The number of hydrogen-bond donors (Lipinski definition) is 2. The minimum Gasteiger partial charge on any atom is -0.357 e. The van der Waals surface area contributed by atoms with Gasteiger partial charge in [-0.1, -0.05) is 38.1 Å². The highest BCUT2D eigenvalue weighted by Gasteiger charge is 2.06. The second-order valence-electron chi connectivity index (χ2n) is 5.81. The number of aliphatic imine (C=N–C) groups is 1.